The molecule has 1 fully saturated rings. The first-order valence-electron chi connectivity index (χ1n) is 6.04. The maximum absolute atomic E-state index is 13.7. The Morgan fingerprint density at radius 1 is 1.44 bits per heavy atom. The largest absolute Gasteiger partial charge is 0.378 e. The molecule has 1 aromatic carbocycles. The van der Waals surface area contributed by atoms with Gasteiger partial charge in [0.15, 0.2) is 0 Å². The highest BCUT2D eigenvalue weighted by molar-refractivity contribution is 9.10. The van der Waals surface area contributed by atoms with E-state index in [4.69, 9.17) is 4.74 Å². The van der Waals surface area contributed by atoms with Gasteiger partial charge in [-0.25, -0.2) is 8.78 Å². The van der Waals surface area contributed by atoms with Gasteiger partial charge in [-0.05, 0) is 47.3 Å². The van der Waals surface area contributed by atoms with Crippen LogP contribution in [0.1, 0.15) is 18.9 Å². The average Bonchev–Trinajstić information content (AvgIpc) is 2.74. The molecule has 1 N–H and O–H groups in total. The van der Waals surface area contributed by atoms with Crippen LogP contribution in [0.2, 0.25) is 0 Å². The molecule has 18 heavy (non-hydrogen) atoms. The van der Waals surface area contributed by atoms with Gasteiger partial charge in [0.2, 0.25) is 0 Å². The van der Waals surface area contributed by atoms with E-state index in [1.807, 2.05) is 6.92 Å². The van der Waals surface area contributed by atoms with Crippen molar-refractivity contribution in [2.45, 2.75) is 26.0 Å². The van der Waals surface area contributed by atoms with Gasteiger partial charge in [-0.3, -0.25) is 0 Å². The molecule has 0 bridgehead atoms. The summed E-state index contributed by atoms with van der Waals surface area (Å²) in [7, 11) is 0. The predicted molar refractivity (Wildman–Crippen MR) is 69.3 cm³/mol. The molecule has 0 radical (unpaired) electrons. The van der Waals surface area contributed by atoms with Gasteiger partial charge in [0, 0.05) is 25.3 Å². The van der Waals surface area contributed by atoms with Gasteiger partial charge in [0.25, 0.3) is 0 Å². The van der Waals surface area contributed by atoms with E-state index in [-0.39, 0.29) is 18.2 Å². The highest BCUT2D eigenvalue weighted by atomic mass is 79.9. The Morgan fingerprint density at radius 2 is 2.22 bits per heavy atom. The van der Waals surface area contributed by atoms with Gasteiger partial charge in [0.1, 0.15) is 11.6 Å². The Balaban J connectivity index is 1.92. The molecule has 100 valence electrons. The van der Waals surface area contributed by atoms with Crippen LogP contribution in [0, 0.1) is 17.6 Å². The van der Waals surface area contributed by atoms with Crippen molar-refractivity contribution in [2.75, 3.05) is 13.2 Å². The molecule has 2 nitrogen and oxygen atoms in total. The van der Waals surface area contributed by atoms with Crippen molar-refractivity contribution in [3.63, 3.8) is 0 Å². The maximum Gasteiger partial charge on any atom is 0.144 e. The van der Waals surface area contributed by atoms with E-state index in [0.717, 1.165) is 13.0 Å². The van der Waals surface area contributed by atoms with Crippen molar-refractivity contribution in [2.24, 2.45) is 5.92 Å². The van der Waals surface area contributed by atoms with E-state index in [0.29, 0.717) is 16.9 Å². The fourth-order valence-corrected chi connectivity index (χ4v) is 2.53. The minimum Gasteiger partial charge on any atom is -0.378 e. The molecular formula is C13H16BrF2NO. The van der Waals surface area contributed by atoms with Crippen LogP contribution in [-0.4, -0.2) is 19.3 Å². The van der Waals surface area contributed by atoms with Crippen LogP contribution in [0.25, 0.3) is 0 Å². The lowest BCUT2D eigenvalue weighted by Gasteiger charge is -2.15. The van der Waals surface area contributed by atoms with Crippen molar-refractivity contribution in [1.29, 1.82) is 0 Å². The number of halogens is 3. The van der Waals surface area contributed by atoms with Crippen LogP contribution >= 0.6 is 15.9 Å². The Hall–Kier alpha value is -0.520. The highest BCUT2D eigenvalue weighted by Crippen LogP contribution is 2.22. The van der Waals surface area contributed by atoms with Crippen molar-refractivity contribution in [1.82, 2.24) is 5.32 Å². The summed E-state index contributed by atoms with van der Waals surface area (Å²) in [6.07, 6.45) is 1.21. The van der Waals surface area contributed by atoms with Crippen LogP contribution in [0.15, 0.2) is 16.6 Å². The van der Waals surface area contributed by atoms with Gasteiger partial charge < -0.3 is 10.1 Å². The Morgan fingerprint density at radius 3 is 2.89 bits per heavy atom. The summed E-state index contributed by atoms with van der Waals surface area (Å²) < 4.78 is 32.9. The first-order chi connectivity index (χ1) is 8.59. The zero-order valence-electron chi connectivity index (χ0n) is 10.2. The lowest BCUT2D eigenvalue weighted by molar-refractivity contribution is 0.105. The zero-order chi connectivity index (χ0) is 13.1. The normalized spacial score (nSPS) is 23.6. The summed E-state index contributed by atoms with van der Waals surface area (Å²) in [6.45, 7) is 3.71. The second-order valence-electron chi connectivity index (χ2n) is 4.58. The van der Waals surface area contributed by atoms with Crippen molar-refractivity contribution < 1.29 is 13.5 Å². The Kier molecular flexibility index (Phi) is 4.70. The number of ether oxygens (including phenoxy) is 1. The van der Waals surface area contributed by atoms with Gasteiger partial charge in [0.05, 0.1) is 10.6 Å². The number of benzene rings is 1. The summed E-state index contributed by atoms with van der Waals surface area (Å²) in [5.74, 6) is -0.625. The van der Waals surface area contributed by atoms with Crippen LogP contribution in [0.4, 0.5) is 8.78 Å². The second kappa shape index (κ2) is 6.08. The average molecular weight is 320 g/mol. The van der Waals surface area contributed by atoms with Crippen LogP contribution in [0.3, 0.4) is 0 Å². The standard InChI is InChI=1S/C13H16BrF2NO/c1-8-9(4-5-18-8)6-17-7-10-12(15)3-2-11(14)13(10)16/h2-3,8-9,17H,4-7H2,1H3. The molecule has 5 heteroatoms. The minimum atomic E-state index is -0.529. The molecular weight excluding hydrogens is 304 g/mol. The van der Waals surface area contributed by atoms with Crippen LogP contribution in [0.5, 0.6) is 0 Å². The molecule has 2 rings (SSSR count). The first kappa shape index (κ1) is 13.9. The van der Waals surface area contributed by atoms with Crippen LogP contribution in [-0.2, 0) is 11.3 Å². The minimum absolute atomic E-state index is 0.0796. The number of rotatable bonds is 4. The summed E-state index contributed by atoms with van der Waals surface area (Å²) in [4.78, 5) is 0. The van der Waals surface area contributed by atoms with E-state index in [9.17, 15) is 8.78 Å². The van der Waals surface area contributed by atoms with E-state index in [2.05, 4.69) is 21.2 Å². The summed E-state index contributed by atoms with van der Waals surface area (Å²) in [5, 5.41) is 3.10. The highest BCUT2D eigenvalue weighted by Gasteiger charge is 2.23. The third kappa shape index (κ3) is 3.08. The topological polar surface area (TPSA) is 21.3 Å². The third-order valence-corrected chi connectivity index (χ3v) is 3.99. The molecule has 0 saturated carbocycles. The van der Waals surface area contributed by atoms with Crippen molar-refractivity contribution >= 4 is 15.9 Å². The molecule has 1 aliphatic rings. The van der Waals surface area contributed by atoms with Crippen molar-refractivity contribution in [3.05, 3.63) is 33.8 Å². The molecule has 0 aliphatic carbocycles. The van der Waals surface area contributed by atoms with Gasteiger partial charge in [-0.2, -0.15) is 0 Å². The predicted octanol–water partition coefficient (Wildman–Crippen LogP) is 3.24. The summed E-state index contributed by atoms with van der Waals surface area (Å²) >= 11 is 3.06. The SMILES string of the molecule is CC1OCCC1CNCc1c(F)ccc(Br)c1F. The number of hydrogen-bond acceptors (Lipinski definition) is 2. The smallest absolute Gasteiger partial charge is 0.144 e. The number of nitrogens with one attached hydrogen (secondary N) is 1. The van der Waals surface area contributed by atoms with Gasteiger partial charge in [-0.1, -0.05) is 0 Å². The van der Waals surface area contributed by atoms with E-state index in [1.165, 1.54) is 12.1 Å². The van der Waals surface area contributed by atoms with E-state index in [1.54, 1.807) is 0 Å². The number of hydrogen-bond donors (Lipinski definition) is 1. The lowest BCUT2D eigenvalue weighted by atomic mass is 10.0. The van der Waals surface area contributed by atoms with Gasteiger partial charge in [-0.15, -0.1) is 0 Å². The zero-order valence-corrected chi connectivity index (χ0v) is 11.8. The van der Waals surface area contributed by atoms with Crippen molar-refractivity contribution in [3.8, 4) is 0 Å². The summed E-state index contributed by atoms with van der Waals surface area (Å²) in [5.41, 5.74) is 0.0796. The maximum atomic E-state index is 13.7. The molecule has 1 saturated heterocycles. The van der Waals surface area contributed by atoms with E-state index < -0.39 is 11.6 Å². The lowest BCUT2D eigenvalue weighted by Crippen LogP contribution is -2.27. The molecule has 2 atom stereocenters. The quantitative estimate of drug-likeness (QED) is 0.860. The second-order valence-corrected chi connectivity index (χ2v) is 5.43. The van der Waals surface area contributed by atoms with Crippen LogP contribution < -0.4 is 5.32 Å². The molecule has 0 amide bonds. The fraction of sp³-hybridized carbons (Fsp3) is 0.538. The molecule has 1 aromatic rings. The monoisotopic (exact) mass is 319 g/mol. The molecule has 1 aliphatic heterocycles. The summed E-state index contributed by atoms with van der Waals surface area (Å²) in [6, 6.07) is 2.65. The molecule has 0 aromatic heterocycles. The Labute approximate surface area is 114 Å². The molecule has 1 heterocycles. The molecule has 2 unspecified atom stereocenters. The third-order valence-electron chi connectivity index (χ3n) is 3.38. The van der Waals surface area contributed by atoms with Gasteiger partial charge >= 0.3 is 0 Å². The molecule has 0 spiro atoms. The Bertz CT molecular complexity index is 428. The first-order valence-corrected chi connectivity index (χ1v) is 6.83. The fourth-order valence-electron chi connectivity index (χ4n) is 2.16. The van der Waals surface area contributed by atoms with E-state index >= 15 is 0 Å².